The molecule has 1 aromatic rings. The Morgan fingerprint density at radius 2 is 2.31 bits per heavy atom. The van der Waals surface area contributed by atoms with Crippen LogP contribution in [0.25, 0.3) is 0 Å². The van der Waals surface area contributed by atoms with Crippen LogP contribution in [0.4, 0.5) is 4.39 Å². The minimum atomic E-state index is -0.302. The van der Waals surface area contributed by atoms with E-state index < -0.39 is 0 Å². The first-order valence-corrected chi connectivity index (χ1v) is 4.64. The second kappa shape index (κ2) is 4.69. The first kappa shape index (κ1) is 10.6. The lowest BCUT2D eigenvalue weighted by Crippen LogP contribution is -2.16. The highest BCUT2D eigenvalue weighted by atomic mass is 79.9. The van der Waals surface area contributed by atoms with Gasteiger partial charge in [0.2, 0.25) is 0 Å². The SMILES string of the molecule is COC[C@@H](N)c1ccc(Br)c(F)c1. The van der Waals surface area contributed by atoms with E-state index in [9.17, 15) is 4.39 Å². The maximum absolute atomic E-state index is 13.0. The smallest absolute Gasteiger partial charge is 0.137 e. The molecule has 4 heteroatoms. The van der Waals surface area contributed by atoms with Crippen LogP contribution in [0.3, 0.4) is 0 Å². The zero-order chi connectivity index (χ0) is 9.84. The summed E-state index contributed by atoms with van der Waals surface area (Å²) in [6.07, 6.45) is 0. The summed E-state index contributed by atoms with van der Waals surface area (Å²) in [5.41, 5.74) is 6.46. The number of rotatable bonds is 3. The minimum absolute atomic E-state index is 0.271. The molecule has 72 valence electrons. The Morgan fingerprint density at radius 3 is 2.85 bits per heavy atom. The molecule has 0 spiro atoms. The Bertz CT molecular complexity index is 293. The fourth-order valence-electron chi connectivity index (χ4n) is 1.02. The molecule has 0 saturated carbocycles. The van der Waals surface area contributed by atoms with Gasteiger partial charge in [0.1, 0.15) is 5.82 Å². The van der Waals surface area contributed by atoms with Gasteiger partial charge in [0, 0.05) is 7.11 Å². The molecule has 0 aliphatic heterocycles. The van der Waals surface area contributed by atoms with E-state index in [0.29, 0.717) is 11.1 Å². The molecule has 2 N–H and O–H groups in total. The Balaban J connectivity index is 2.84. The number of ether oxygens (including phenoxy) is 1. The van der Waals surface area contributed by atoms with Gasteiger partial charge in [0.15, 0.2) is 0 Å². The summed E-state index contributed by atoms with van der Waals surface area (Å²) in [6, 6.07) is 4.55. The predicted molar refractivity (Wildman–Crippen MR) is 52.9 cm³/mol. The van der Waals surface area contributed by atoms with Crippen molar-refractivity contribution in [3.63, 3.8) is 0 Å². The van der Waals surface area contributed by atoms with Crippen LogP contribution >= 0.6 is 15.9 Å². The molecule has 0 fully saturated rings. The molecular weight excluding hydrogens is 237 g/mol. The van der Waals surface area contributed by atoms with Crippen LogP contribution in [0.1, 0.15) is 11.6 Å². The van der Waals surface area contributed by atoms with Gasteiger partial charge >= 0.3 is 0 Å². The van der Waals surface area contributed by atoms with Crippen molar-refractivity contribution in [1.29, 1.82) is 0 Å². The number of hydrogen-bond donors (Lipinski definition) is 1. The van der Waals surface area contributed by atoms with E-state index in [0.717, 1.165) is 5.56 Å². The van der Waals surface area contributed by atoms with Crippen molar-refractivity contribution in [2.75, 3.05) is 13.7 Å². The van der Waals surface area contributed by atoms with Gasteiger partial charge in [-0.3, -0.25) is 0 Å². The van der Waals surface area contributed by atoms with E-state index >= 15 is 0 Å². The van der Waals surface area contributed by atoms with Crippen LogP contribution in [0.5, 0.6) is 0 Å². The number of methoxy groups -OCH3 is 1. The molecule has 0 saturated heterocycles. The third-order valence-corrected chi connectivity index (χ3v) is 2.36. The van der Waals surface area contributed by atoms with E-state index in [1.165, 1.54) is 6.07 Å². The molecule has 0 aromatic heterocycles. The third kappa shape index (κ3) is 2.76. The van der Waals surface area contributed by atoms with Gasteiger partial charge in [-0.1, -0.05) is 6.07 Å². The van der Waals surface area contributed by atoms with Crippen molar-refractivity contribution in [3.05, 3.63) is 34.1 Å². The second-order valence-electron chi connectivity index (χ2n) is 2.74. The van der Waals surface area contributed by atoms with Gasteiger partial charge in [-0.05, 0) is 33.6 Å². The quantitative estimate of drug-likeness (QED) is 0.890. The molecule has 0 unspecified atom stereocenters. The van der Waals surface area contributed by atoms with Gasteiger partial charge in [-0.25, -0.2) is 4.39 Å². The zero-order valence-corrected chi connectivity index (χ0v) is 8.84. The van der Waals surface area contributed by atoms with Crippen molar-refractivity contribution < 1.29 is 9.13 Å². The molecule has 0 amide bonds. The molecule has 0 aliphatic carbocycles. The summed E-state index contributed by atoms with van der Waals surface area (Å²) in [6.45, 7) is 0.390. The maximum Gasteiger partial charge on any atom is 0.137 e. The molecule has 0 bridgehead atoms. The minimum Gasteiger partial charge on any atom is -0.383 e. The second-order valence-corrected chi connectivity index (χ2v) is 3.59. The highest BCUT2D eigenvalue weighted by Gasteiger charge is 2.07. The van der Waals surface area contributed by atoms with E-state index in [4.69, 9.17) is 10.5 Å². The molecule has 13 heavy (non-hydrogen) atoms. The molecule has 2 nitrogen and oxygen atoms in total. The van der Waals surface area contributed by atoms with Crippen LogP contribution in [0, 0.1) is 5.82 Å². The van der Waals surface area contributed by atoms with Crippen LogP contribution in [0.2, 0.25) is 0 Å². The topological polar surface area (TPSA) is 35.2 Å². The molecule has 0 aliphatic rings. The van der Waals surface area contributed by atoms with Gasteiger partial charge in [-0.2, -0.15) is 0 Å². The Labute approximate surface area is 85.0 Å². The van der Waals surface area contributed by atoms with Crippen LogP contribution < -0.4 is 5.73 Å². The molecule has 1 rings (SSSR count). The van der Waals surface area contributed by atoms with Crippen LogP contribution in [0.15, 0.2) is 22.7 Å². The number of halogens is 2. The predicted octanol–water partition coefficient (Wildman–Crippen LogP) is 2.23. The first-order valence-electron chi connectivity index (χ1n) is 3.84. The van der Waals surface area contributed by atoms with Gasteiger partial charge in [0.25, 0.3) is 0 Å². The summed E-state index contributed by atoms with van der Waals surface area (Å²) in [4.78, 5) is 0. The van der Waals surface area contributed by atoms with Gasteiger partial charge in [0.05, 0.1) is 17.1 Å². The van der Waals surface area contributed by atoms with E-state index in [2.05, 4.69) is 15.9 Å². The molecular formula is C9H11BrFNO. The Morgan fingerprint density at radius 1 is 1.62 bits per heavy atom. The van der Waals surface area contributed by atoms with Crippen molar-refractivity contribution in [3.8, 4) is 0 Å². The normalized spacial score (nSPS) is 12.9. The fourth-order valence-corrected chi connectivity index (χ4v) is 1.27. The molecule has 1 atom stereocenters. The third-order valence-electron chi connectivity index (χ3n) is 1.72. The molecule has 0 heterocycles. The van der Waals surface area contributed by atoms with Gasteiger partial charge < -0.3 is 10.5 Å². The van der Waals surface area contributed by atoms with Crippen LogP contribution in [-0.2, 0) is 4.74 Å². The summed E-state index contributed by atoms with van der Waals surface area (Å²) in [7, 11) is 1.56. The standard InChI is InChI=1S/C9H11BrFNO/c1-13-5-9(12)6-2-3-7(10)8(11)4-6/h2-4,9H,5,12H2,1H3/t9-/m1/s1. The van der Waals surface area contributed by atoms with E-state index in [-0.39, 0.29) is 11.9 Å². The van der Waals surface area contributed by atoms with Crippen molar-refractivity contribution >= 4 is 15.9 Å². The summed E-state index contributed by atoms with van der Waals surface area (Å²) < 4.78 is 18.4. The average Bonchev–Trinajstić information content (AvgIpc) is 2.10. The van der Waals surface area contributed by atoms with E-state index in [1.54, 1.807) is 19.2 Å². The first-order chi connectivity index (χ1) is 6.15. The number of hydrogen-bond acceptors (Lipinski definition) is 2. The van der Waals surface area contributed by atoms with Crippen molar-refractivity contribution in [2.24, 2.45) is 5.73 Å². The van der Waals surface area contributed by atoms with Crippen molar-refractivity contribution in [2.45, 2.75) is 6.04 Å². The fraction of sp³-hybridized carbons (Fsp3) is 0.333. The lowest BCUT2D eigenvalue weighted by molar-refractivity contribution is 0.181. The number of benzene rings is 1. The zero-order valence-electron chi connectivity index (χ0n) is 7.26. The van der Waals surface area contributed by atoms with E-state index in [1.807, 2.05) is 0 Å². The highest BCUT2D eigenvalue weighted by molar-refractivity contribution is 9.10. The highest BCUT2D eigenvalue weighted by Crippen LogP contribution is 2.19. The Hall–Kier alpha value is -0.450. The van der Waals surface area contributed by atoms with Crippen LogP contribution in [-0.4, -0.2) is 13.7 Å². The number of nitrogens with two attached hydrogens (primary N) is 1. The molecule has 0 radical (unpaired) electrons. The Kier molecular flexibility index (Phi) is 3.84. The summed E-state index contributed by atoms with van der Waals surface area (Å²) in [5, 5.41) is 0. The summed E-state index contributed by atoms with van der Waals surface area (Å²) in [5.74, 6) is -0.302. The largest absolute Gasteiger partial charge is 0.383 e. The summed E-state index contributed by atoms with van der Waals surface area (Å²) >= 11 is 3.07. The molecule has 1 aromatic carbocycles. The average molecular weight is 248 g/mol. The lowest BCUT2D eigenvalue weighted by atomic mass is 10.1. The maximum atomic E-state index is 13.0. The van der Waals surface area contributed by atoms with Gasteiger partial charge in [-0.15, -0.1) is 0 Å². The lowest BCUT2D eigenvalue weighted by Gasteiger charge is -2.10. The monoisotopic (exact) mass is 247 g/mol. The van der Waals surface area contributed by atoms with Crippen molar-refractivity contribution in [1.82, 2.24) is 0 Å².